The number of rotatable bonds is 2. The van der Waals surface area contributed by atoms with E-state index in [0.717, 1.165) is 5.57 Å². The van der Waals surface area contributed by atoms with Gasteiger partial charge in [-0.25, -0.2) is 0 Å². The number of carbonyl (C=O) groups excluding carboxylic acids is 1. The molecule has 0 amide bonds. The minimum atomic E-state index is -0.340. The van der Waals surface area contributed by atoms with Crippen LogP contribution >= 0.6 is 0 Å². The van der Waals surface area contributed by atoms with Gasteiger partial charge in [-0.05, 0) is 25.8 Å². The highest BCUT2D eigenvalue weighted by molar-refractivity contribution is 5.80. The van der Waals surface area contributed by atoms with Crippen molar-refractivity contribution >= 4 is 5.78 Å². The van der Waals surface area contributed by atoms with Crippen molar-refractivity contribution < 1.29 is 14.3 Å². The van der Waals surface area contributed by atoms with Crippen molar-refractivity contribution in [2.45, 2.75) is 32.7 Å². The molecule has 0 aliphatic carbocycles. The molecule has 0 fully saturated rings. The normalized spacial score (nSPS) is 29.8. The number of ether oxygens (including phenoxy) is 2. The Kier molecular flexibility index (Phi) is 3.00. The minimum absolute atomic E-state index is 0.0563. The maximum absolute atomic E-state index is 11.0. The second-order valence-electron chi connectivity index (χ2n) is 2.99. The quantitative estimate of drug-likeness (QED) is 0.586. The lowest BCUT2D eigenvalue weighted by molar-refractivity contribution is -0.158. The lowest BCUT2D eigenvalue weighted by atomic mass is 10.1. The van der Waals surface area contributed by atoms with Gasteiger partial charge in [0.1, 0.15) is 6.10 Å². The van der Waals surface area contributed by atoms with E-state index in [9.17, 15) is 4.79 Å². The monoisotopic (exact) mass is 170 g/mol. The van der Waals surface area contributed by atoms with Gasteiger partial charge in [-0.15, -0.1) is 0 Å². The Labute approximate surface area is 72.4 Å². The van der Waals surface area contributed by atoms with Crippen molar-refractivity contribution in [2.24, 2.45) is 0 Å². The van der Waals surface area contributed by atoms with Crippen molar-refractivity contribution in [3.05, 3.63) is 11.6 Å². The van der Waals surface area contributed by atoms with Crippen LogP contribution in [0.15, 0.2) is 11.6 Å². The maximum atomic E-state index is 11.0. The molecule has 0 spiro atoms. The van der Waals surface area contributed by atoms with Gasteiger partial charge in [-0.2, -0.15) is 0 Å². The standard InChI is InChI=1S/C9H14O3/c1-6-4-5-8(7(2)10)12-9(6)11-3/h4,8-9H,5H2,1-3H3. The zero-order chi connectivity index (χ0) is 9.14. The van der Waals surface area contributed by atoms with E-state index in [0.29, 0.717) is 6.42 Å². The van der Waals surface area contributed by atoms with Gasteiger partial charge in [0.25, 0.3) is 0 Å². The zero-order valence-corrected chi connectivity index (χ0v) is 7.66. The summed E-state index contributed by atoms with van der Waals surface area (Å²) in [6, 6.07) is 0. The van der Waals surface area contributed by atoms with Crippen molar-refractivity contribution in [3.8, 4) is 0 Å². The molecule has 0 saturated heterocycles. The van der Waals surface area contributed by atoms with Crippen LogP contribution in [0.25, 0.3) is 0 Å². The summed E-state index contributed by atoms with van der Waals surface area (Å²) >= 11 is 0. The van der Waals surface area contributed by atoms with Gasteiger partial charge in [0.15, 0.2) is 12.1 Å². The predicted octanol–water partition coefficient (Wildman–Crippen LogP) is 1.28. The molecule has 1 aliphatic rings. The van der Waals surface area contributed by atoms with Crippen LogP contribution in [0.1, 0.15) is 20.3 Å². The molecule has 0 aromatic heterocycles. The number of Topliss-reactive ketones (excluding diaryl/α,β-unsaturated/α-hetero) is 1. The summed E-state index contributed by atoms with van der Waals surface area (Å²) in [5.41, 5.74) is 1.04. The molecule has 0 saturated carbocycles. The van der Waals surface area contributed by atoms with Crippen LogP contribution in [0.4, 0.5) is 0 Å². The molecule has 2 atom stereocenters. The summed E-state index contributed by atoms with van der Waals surface area (Å²) in [6.07, 6.45) is 2.00. The van der Waals surface area contributed by atoms with Crippen molar-refractivity contribution in [3.63, 3.8) is 0 Å². The highest BCUT2D eigenvalue weighted by Gasteiger charge is 2.24. The summed E-state index contributed by atoms with van der Waals surface area (Å²) < 4.78 is 10.4. The Morgan fingerprint density at radius 2 is 2.42 bits per heavy atom. The molecule has 2 unspecified atom stereocenters. The molecule has 0 bridgehead atoms. The Hall–Kier alpha value is -0.670. The molecule has 12 heavy (non-hydrogen) atoms. The van der Waals surface area contributed by atoms with E-state index in [2.05, 4.69) is 0 Å². The van der Waals surface area contributed by atoms with Gasteiger partial charge in [-0.3, -0.25) is 4.79 Å². The second kappa shape index (κ2) is 3.83. The minimum Gasteiger partial charge on any atom is -0.352 e. The lowest BCUT2D eigenvalue weighted by Gasteiger charge is -2.26. The van der Waals surface area contributed by atoms with Crippen LogP contribution in [0.5, 0.6) is 0 Å². The molecule has 1 rings (SSSR count). The predicted molar refractivity (Wildman–Crippen MR) is 44.7 cm³/mol. The summed E-state index contributed by atoms with van der Waals surface area (Å²) in [5, 5.41) is 0. The molecular weight excluding hydrogens is 156 g/mol. The fraction of sp³-hybridized carbons (Fsp3) is 0.667. The average molecular weight is 170 g/mol. The molecule has 1 aliphatic heterocycles. The summed E-state index contributed by atoms with van der Waals surface area (Å²) in [6.45, 7) is 3.47. The third-order valence-electron chi connectivity index (χ3n) is 1.98. The van der Waals surface area contributed by atoms with Crippen molar-refractivity contribution in [1.82, 2.24) is 0 Å². The summed E-state index contributed by atoms with van der Waals surface area (Å²) in [5.74, 6) is 0.0563. The number of carbonyl (C=O) groups is 1. The topological polar surface area (TPSA) is 35.5 Å². The van der Waals surface area contributed by atoms with E-state index >= 15 is 0 Å². The molecule has 3 nitrogen and oxygen atoms in total. The Morgan fingerprint density at radius 1 is 1.75 bits per heavy atom. The molecule has 1 heterocycles. The van der Waals surface area contributed by atoms with Crippen LogP contribution < -0.4 is 0 Å². The number of ketones is 1. The van der Waals surface area contributed by atoms with Gasteiger partial charge >= 0.3 is 0 Å². The van der Waals surface area contributed by atoms with Gasteiger partial charge in [0.2, 0.25) is 0 Å². The van der Waals surface area contributed by atoms with Gasteiger partial charge in [0.05, 0.1) is 0 Å². The molecule has 0 aromatic carbocycles. The fourth-order valence-electron chi connectivity index (χ4n) is 1.20. The molecule has 0 aromatic rings. The molecule has 3 heteroatoms. The van der Waals surface area contributed by atoms with E-state index in [1.165, 1.54) is 6.92 Å². The maximum Gasteiger partial charge on any atom is 0.180 e. The zero-order valence-electron chi connectivity index (χ0n) is 7.66. The van der Waals surface area contributed by atoms with Crippen LogP contribution in [0, 0.1) is 0 Å². The Morgan fingerprint density at radius 3 is 2.92 bits per heavy atom. The van der Waals surface area contributed by atoms with E-state index in [-0.39, 0.29) is 18.2 Å². The molecule has 0 N–H and O–H groups in total. The lowest BCUT2D eigenvalue weighted by Crippen LogP contribution is -2.32. The third kappa shape index (κ3) is 1.93. The van der Waals surface area contributed by atoms with Crippen LogP contribution in [-0.2, 0) is 14.3 Å². The third-order valence-corrected chi connectivity index (χ3v) is 1.98. The smallest absolute Gasteiger partial charge is 0.180 e. The van der Waals surface area contributed by atoms with Gasteiger partial charge < -0.3 is 9.47 Å². The summed E-state index contributed by atoms with van der Waals surface area (Å²) in [7, 11) is 1.57. The van der Waals surface area contributed by atoms with E-state index in [4.69, 9.17) is 9.47 Å². The van der Waals surface area contributed by atoms with E-state index < -0.39 is 0 Å². The van der Waals surface area contributed by atoms with Gasteiger partial charge in [0, 0.05) is 7.11 Å². The van der Waals surface area contributed by atoms with E-state index in [1.807, 2.05) is 13.0 Å². The first-order chi connectivity index (χ1) is 5.65. The van der Waals surface area contributed by atoms with Crippen molar-refractivity contribution in [1.29, 1.82) is 0 Å². The molecule has 68 valence electrons. The van der Waals surface area contributed by atoms with Gasteiger partial charge in [-0.1, -0.05) is 6.08 Å². The van der Waals surface area contributed by atoms with E-state index in [1.54, 1.807) is 7.11 Å². The number of hydrogen-bond donors (Lipinski definition) is 0. The first-order valence-corrected chi connectivity index (χ1v) is 4.00. The van der Waals surface area contributed by atoms with Crippen LogP contribution in [-0.4, -0.2) is 25.3 Å². The fourth-order valence-corrected chi connectivity index (χ4v) is 1.20. The SMILES string of the molecule is COC1OC(C(C)=O)CC=C1C. The highest BCUT2D eigenvalue weighted by atomic mass is 16.7. The highest BCUT2D eigenvalue weighted by Crippen LogP contribution is 2.19. The second-order valence-corrected chi connectivity index (χ2v) is 2.99. The largest absolute Gasteiger partial charge is 0.352 e. The van der Waals surface area contributed by atoms with Crippen LogP contribution in [0.2, 0.25) is 0 Å². The summed E-state index contributed by atoms with van der Waals surface area (Å²) in [4.78, 5) is 11.0. The molecular formula is C9H14O3. The van der Waals surface area contributed by atoms with Crippen LogP contribution in [0.3, 0.4) is 0 Å². The first-order valence-electron chi connectivity index (χ1n) is 4.00. The number of methoxy groups -OCH3 is 1. The first kappa shape index (κ1) is 9.42. The average Bonchev–Trinajstić information content (AvgIpc) is 2.05. The Bertz CT molecular complexity index is 208. The molecule has 0 radical (unpaired) electrons. The number of hydrogen-bond acceptors (Lipinski definition) is 3. The van der Waals surface area contributed by atoms with Crippen molar-refractivity contribution in [2.75, 3.05) is 7.11 Å². The Balaban J connectivity index is 2.64.